The Morgan fingerprint density at radius 3 is 2.34 bits per heavy atom. The number of ether oxygens (including phenoxy) is 2. The van der Waals surface area contributed by atoms with Crippen molar-refractivity contribution in [2.45, 2.75) is 116 Å². The van der Waals surface area contributed by atoms with Gasteiger partial charge in [-0.15, -0.1) is 5.92 Å². The average Bonchev–Trinajstić information content (AvgIpc) is 3.16. The molecule has 1 aromatic carbocycles. The van der Waals surface area contributed by atoms with E-state index < -0.39 is 22.9 Å². The lowest BCUT2D eigenvalue weighted by atomic mass is 9.41. The fourth-order valence-corrected chi connectivity index (χ4v) is 10.8. The van der Waals surface area contributed by atoms with Crippen molar-refractivity contribution in [2.24, 2.45) is 28.6 Å². The molecule has 2 N–H and O–H groups in total. The van der Waals surface area contributed by atoms with Crippen molar-refractivity contribution in [1.82, 2.24) is 20.4 Å². The van der Waals surface area contributed by atoms with Crippen molar-refractivity contribution in [3.63, 3.8) is 0 Å². The smallest absolute Gasteiger partial charge is 0.231 e. The first-order valence-electron chi connectivity index (χ1n) is 20.0. The molecule has 13 heteroatoms. The number of rotatable bonds is 14. The molecular weight excluding hydrogens is 734 g/mol. The number of likely N-dealkylation sites (tertiary alicyclic amines) is 2. The highest BCUT2D eigenvalue weighted by Gasteiger charge is 2.70. The number of hydrogen-bond acceptors (Lipinski definition) is 10. The largest absolute Gasteiger partial charge is 0.489 e. The molecule has 0 spiro atoms. The monoisotopic (exact) mass is 791 g/mol. The van der Waals surface area contributed by atoms with E-state index in [9.17, 15) is 29.2 Å². The van der Waals surface area contributed by atoms with E-state index in [1.54, 1.807) is 25.1 Å². The topological polar surface area (TPSA) is 158 Å². The van der Waals surface area contributed by atoms with Gasteiger partial charge in [0.25, 0.3) is 0 Å². The minimum absolute atomic E-state index is 0.00670. The van der Waals surface area contributed by atoms with Gasteiger partial charge in [0.15, 0.2) is 0 Å². The van der Waals surface area contributed by atoms with Gasteiger partial charge in [-0.1, -0.05) is 45.2 Å². The number of piperidine rings is 3. The lowest BCUT2D eigenvalue weighted by molar-refractivity contribution is -0.240. The summed E-state index contributed by atoms with van der Waals surface area (Å²) in [7, 11) is 0. The van der Waals surface area contributed by atoms with E-state index in [-0.39, 0.29) is 66.1 Å². The van der Waals surface area contributed by atoms with Crippen LogP contribution >= 0.6 is 11.6 Å². The van der Waals surface area contributed by atoms with E-state index >= 15 is 0 Å². The molecule has 4 fully saturated rings. The van der Waals surface area contributed by atoms with Crippen LogP contribution in [0, 0.1) is 51.8 Å². The van der Waals surface area contributed by atoms with Crippen LogP contribution in [0.4, 0.5) is 0 Å². The minimum Gasteiger partial charge on any atom is -0.489 e. The third-order valence-electron chi connectivity index (χ3n) is 13.0. The number of amides is 3. The molecule has 1 aliphatic carbocycles. The summed E-state index contributed by atoms with van der Waals surface area (Å²) in [5, 5.41) is 15.1. The Morgan fingerprint density at radius 1 is 1.02 bits per heavy atom. The highest BCUT2D eigenvalue weighted by molar-refractivity contribution is 6.31. The van der Waals surface area contributed by atoms with Crippen molar-refractivity contribution in [2.75, 3.05) is 39.4 Å². The molecule has 1 aromatic rings. The van der Waals surface area contributed by atoms with Crippen LogP contribution in [0.25, 0.3) is 0 Å². The van der Waals surface area contributed by atoms with Crippen molar-refractivity contribution in [1.29, 1.82) is 5.26 Å². The zero-order valence-corrected chi connectivity index (χ0v) is 34.5. The van der Waals surface area contributed by atoms with Crippen LogP contribution in [0.2, 0.25) is 5.02 Å². The number of nitrogens with zero attached hydrogens (tertiary/aromatic N) is 3. The number of carbonyl (C=O) groups is 5. The molecule has 12 nitrogen and oxygen atoms in total. The molecule has 4 unspecified atom stereocenters. The summed E-state index contributed by atoms with van der Waals surface area (Å²) in [6.45, 7) is 15.8. The van der Waals surface area contributed by atoms with Gasteiger partial charge in [-0.3, -0.25) is 29.5 Å². The van der Waals surface area contributed by atoms with E-state index in [1.807, 2.05) is 4.90 Å². The number of nitrogens with one attached hydrogen (secondary N) is 2. The number of nitriles is 1. The van der Waals surface area contributed by atoms with Gasteiger partial charge in [0, 0.05) is 73.7 Å². The molecule has 304 valence electrons. The average molecular weight is 792 g/mol. The van der Waals surface area contributed by atoms with E-state index in [2.05, 4.69) is 68.1 Å². The van der Waals surface area contributed by atoms with Gasteiger partial charge in [-0.2, -0.15) is 5.26 Å². The molecule has 3 aliphatic heterocycles. The standard InChI is InChI=1S/C43H58ClN5O7/c1-40(2)38(41(3,4)39(40)56-32-13-12-30(25-45)34(44)24-32)43(6,28-51)49-19-9-11-29(26-49)10-7-8-22-55-23-18-36(53)46-31-16-20-48(21-17-31)42(5,27-50)33-14-15-35(52)47-37(33)54/h12-13,24,27-29,31,33,38-39H,8-9,11,14-23,26H2,1-6H3,(H,46,53)(H,47,52,54). The molecule has 56 heavy (non-hydrogen) atoms. The highest BCUT2D eigenvalue weighted by atomic mass is 35.5. The van der Waals surface area contributed by atoms with Crippen molar-refractivity contribution in [3.8, 4) is 23.7 Å². The molecular formula is C43H58ClN5O7. The summed E-state index contributed by atoms with van der Waals surface area (Å²) in [5.74, 6) is 6.06. The van der Waals surface area contributed by atoms with Gasteiger partial charge in [-0.05, 0) is 64.6 Å². The molecule has 0 aromatic heterocycles. The molecule has 3 amide bonds. The maximum absolute atomic E-state index is 13.0. The second-order valence-electron chi connectivity index (χ2n) is 17.6. The SMILES string of the molecule is CC1(C)C(Oc2ccc(C#N)c(Cl)c2)C(C)(C)C1C(C)(C=O)N1CCCC(C#CCCOCCC(=O)NC2CCN(C(C)(C=O)C3CCC(=O)NC3=O)CC2)C1. The zero-order chi connectivity index (χ0) is 40.9. The third kappa shape index (κ3) is 9.00. The lowest BCUT2D eigenvalue weighted by Gasteiger charge is -2.69. The Bertz CT molecular complexity index is 1740. The molecule has 3 saturated heterocycles. The fourth-order valence-electron chi connectivity index (χ4n) is 10.6. The molecule has 0 radical (unpaired) electrons. The predicted octanol–water partition coefficient (Wildman–Crippen LogP) is 4.70. The lowest BCUT2D eigenvalue weighted by Crippen LogP contribution is -2.76. The van der Waals surface area contributed by atoms with Crippen LogP contribution in [0.15, 0.2) is 18.2 Å². The summed E-state index contributed by atoms with van der Waals surface area (Å²) >= 11 is 6.29. The van der Waals surface area contributed by atoms with Crippen LogP contribution in [-0.2, 0) is 28.7 Å². The third-order valence-corrected chi connectivity index (χ3v) is 13.3. The number of carbonyl (C=O) groups excluding carboxylic acids is 5. The quantitative estimate of drug-likeness (QED) is 0.117. The summed E-state index contributed by atoms with van der Waals surface area (Å²) in [6, 6.07) is 7.18. The summed E-state index contributed by atoms with van der Waals surface area (Å²) < 4.78 is 12.3. The first-order valence-corrected chi connectivity index (χ1v) is 20.4. The summed E-state index contributed by atoms with van der Waals surface area (Å²) in [6.07, 6.45) is 6.34. The number of benzene rings is 1. The minimum atomic E-state index is -1.00. The molecule has 3 heterocycles. The van der Waals surface area contributed by atoms with E-state index in [0.717, 1.165) is 32.0 Å². The molecule has 0 bridgehead atoms. The normalized spacial score (nSPS) is 27.5. The van der Waals surface area contributed by atoms with Crippen LogP contribution in [0.1, 0.15) is 98.5 Å². The predicted molar refractivity (Wildman–Crippen MR) is 211 cm³/mol. The second-order valence-corrected chi connectivity index (χ2v) is 18.0. The van der Waals surface area contributed by atoms with Crippen LogP contribution < -0.4 is 15.4 Å². The van der Waals surface area contributed by atoms with Crippen LogP contribution in [-0.4, -0.2) is 103 Å². The van der Waals surface area contributed by atoms with E-state index in [0.29, 0.717) is 68.3 Å². The second kappa shape index (κ2) is 17.8. The Morgan fingerprint density at radius 2 is 1.71 bits per heavy atom. The Hall–Kier alpha value is -3.81. The summed E-state index contributed by atoms with van der Waals surface area (Å²) in [5.41, 5.74) is -1.98. The molecule has 1 saturated carbocycles. The number of imide groups is 1. The van der Waals surface area contributed by atoms with Crippen LogP contribution in [0.5, 0.6) is 5.75 Å². The maximum Gasteiger partial charge on any atom is 0.231 e. The molecule has 5 rings (SSSR count). The van der Waals surface area contributed by atoms with Crippen molar-refractivity contribution < 1.29 is 33.4 Å². The van der Waals surface area contributed by atoms with Gasteiger partial charge >= 0.3 is 0 Å². The Balaban J connectivity index is 1.03. The van der Waals surface area contributed by atoms with Gasteiger partial charge in [0.05, 0.1) is 40.8 Å². The maximum atomic E-state index is 13.0. The van der Waals surface area contributed by atoms with Gasteiger partial charge < -0.3 is 24.4 Å². The van der Waals surface area contributed by atoms with Crippen LogP contribution in [0.3, 0.4) is 0 Å². The Kier molecular flexibility index (Phi) is 13.7. The molecule has 4 aliphatic rings. The number of aldehydes is 2. The highest BCUT2D eigenvalue weighted by Crippen LogP contribution is 2.64. The van der Waals surface area contributed by atoms with Crippen molar-refractivity contribution >= 4 is 41.9 Å². The first-order chi connectivity index (χ1) is 26.5. The van der Waals surface area contributed by atoms with Crippen molar-refractivity contribution in [3.05, 3.63) is 28.8 Å². The molecule has 4 atom stereocenters. The zero-order valence-electron chi connectivity index (χ0n) is 33.8. The van der Waals surface area contributed by atoms with Gasteiger partial charge in [-0.25, -0.2) is 0 Å². The van der Waals surface area contributed by atoms with Gasteiger partial charge in [0.2, 0.25) is 17.7 Å². The Labute approximate surface area is 336 Å². The van der Waals surface area contributed by atoms with Gasteiger partial charge in [0.1, 0.15) is 30.5 Å². The first kappa shape index (κ1) is 43.3. The van der Waals surface area contributed by atoms with E-state index in [4.69, 9.17) is 21.1 Å². The summed E-state index contributed by atoms with van der Waals surface area (Å²) in [4.78, 5) is 66.3. The number of halogens is 1. The fraction of sp³-hybridized carbons (Fsp3) is 0.674. The number of hydrogen-bond donors (Lipinski definition) is 2. The van der Waals surface area contributed by atoms with E-state index in [1.165, 1.54) is 0 Å².